The molecule has 0 heterocycles. The molecule has 1 unspecified atom stereocenters. The minimum Gasteiger partial charge on any atom is -0.262 e. The molecule has 0 saturated carbocycles. The monoisotopic (exact) mass is 386 g/mol. The van der Waals surface area contributed by atoms with E-state index >= 15 is 0 Å². The fourth-order valence-corrected chi connectivity index (χ4v) is 4.06. The van der Waals surface area contributed by atoms with Crippen molar-refractivity contribution in [3.8, 4) is 0 Å². The Hall–Kier alpha value is -0.880. The average Bonchev–Trinajstić information content (AvgIpc) is 2.79. The van der Waals surface area contributed by atoms with Gasteiger partial charge in [-0.05, 0) is 47.5 Å². The lowest BCUT2D eigenvalue weighted by molar-refractivity contribution is 0.221. The van der Waals surface area contributed by atoms with Crippen LogP contribution in [0.15, 0.2) is 51.8 Å². The lowest BCUT2D eigenvalue weighted by Crippen LogP contribution is -2.18. The SMILES string of the molecule is O=S(=O)(OC1Cc2ccc(Br)cc2C1)c1ccc(Cl)cc1. The molecule has 0 aliphatic heterocycles. The van der Waals surface area contributed by atoms with Gasteiger partial charge in [0.2, 0.25) is 0 Å². The topological polar surface area (TPSA) is 43.4 Å². The van der Waals surface area contributed by atoms with Crippen molar-refractivity contribution in [1.82, 2.24) is 0 Å². The van der Waals surface area contributed by atoms with Crippen LogP contribution in [0.1, 0.15) is 11.1 Å². The van der Waals surface area contributed by atoms with Gasteiger partial charge in [0.05, 0.1) is 11.0 Å². The van der Waals surface area contributed by atoms with Crippen LogP contribution in [0, 0.1) is 0 Å². The van der Waals surface area contributed by atoms with Gasteiger partial charge in [0.1, 0.15) is 0 Å². The van der Waals surface area contributed by atoms with Crippen LogP contribution in [0.5, 0.6) is 0 Å². The van der Waals surface area contributed by atoms with Crippen molar-refractivity contribution in [3.63, 3.8) is 0 Å². The van der Waals surface area contributed by atoms with E-state index in [0.29, 0.717) is 17.9 Å². The molecular weight excluding hydrogens is 376 g/mol. The molecule has 6 heteroatoms. The van der Waals surface area contributed by atoms with E-state index in [0.717, 1.165) is 15.6 Å². The summed E-state index contributed by atoms with van der Waals surface area (Å²) in [5.41, 5.74) is 2.26. The number of hydrogen-bond acceptors (Lipinski definition) is 3. The van der Waals surface area contributed by atoms with E-state index in [4.69, 9.17) is 15.8 Å². The van der Waals surface area contributed by atoms with E-state index < -0.39 is 10.1 Å². The Balaban J connectivity index is 1.77. The number of fused-ring (bicyclic) bond motifs is 1. The maximum absolute atomic E-state index is 12.2. The minimum atomic E-state index is -3.76. The summed E-state index contributed by atoms with van der Waals surface area (Å²) >= 11 is 9.19. The summed E-state index contributed by atoms with van der Waals surface area (Å²) < 4.78 is 30.8. The van der Waals surface area contributed by atoms with Gasteiger partial charge in [0.15, 0.2) is 0 Å². The molecule has 21 heavy (non-hydrogen) atoms. The highest BCUT2D eigenvalue weighted by atomic mass is 79.9. The summed E-state index contributed by atoms with van der Waals surface area (Å²) in [6.07, 6.45) is 0.854. The second-order valence-electron chi connectivity index (χ2n) is 4.95. The fraction of sp³-hybridized carbons (Fsp3) is 0.200. The Labute approximate surface area is 137 Å². The molecule has 1 aliphatic carbocycles. The summed E-state index contributed by atoms with van der Waals surface area (Å²) in [6, 6.07) is 11.9. The van der Waals surface area contributed by atoms with Crippen molar-refractivity contribution in [3.05, 3.63) is 63.1 Å². The van der Waals surface area contributed by atoms with Crippen molar-refractivity contribution >= 4 is 37.6 Å². The molecule has 110 valence electrons. The normalized spacial score (nSPS) is 17.7. The summed E-state index contributed by atoms with van der Waals surface area (Å²) in [5, 5.41) is 0.493. The second-order valence-corrected chi connectivity index (χ2v) is 7.87. The van der Waals surface area contributed by atoms with Gasteiger partial charge in [-0.2, -0.15) is 8.42 Å². The molecule has 0 bridgehead atoms. The highest BCUT2D eigenvalue weighted by Gasteiger charge is 2.28. The van der Waals surface area contributed by atoms with Crippen LogP contribution in [0.2, 0.25) is 5.02 Å². The van der Waals surface area contributed by atoms with Gasteiger partial charge in [-0.25, -0.2) is 0 Å². The number of benzene rings is 2. The summed E-state index contributed by atoms with van der Waals surface area (Å²) in [5.74, 6) is 0. The van der Waals surface area contributed by atoms with E-state index in [1.807, 2.05) is 18.2 Å². The van der Waals surface area contributed by atoms with E-state index in [9.17, 15) is 8.42 Å². The molecule has 0 N–H and O–H groups in total. The van der Waals surface area contributed by atoms with Gasteiger partial charge in [0, 0.05) is 22.3 Å². The standard InChI is InChI=1S/C15H12BrClO3S/c16-12-2-1-10-8-14(9-11(10)7-12)20-21(18,19)15-5-3-13(17)4-6-15/h1-7,14H,8-9H2. The molecular formula is C15H12BrClO3S. The van der Waals surface area contributed by atoms with Crippen molar-refractivity contribution in [2.75, 3.05) is 0 Å². The molecule has 0 radical (unpaired) electrons. The molecule has 2 aromatic carbocycles. The quantitative estimate of drug-likeness (QED) is 0.748. The molecule has 0 aromatic heterocycles. The average molecular weight is 388 g/mol. The highest BCUT2D eigenvalue weighted by Crippen LogP contribution is 2.29. The van der Waals surface area contributed by atoms with Crippen molar-refractivity contribution in [2.45, 2.75) is 23.8 Å². The van der Waals surface area contributed by atoms with E-state index in [1.165, 1.54) is 24.3 Å². The maximum Gasteiger partial charge on any atom is 0.297 e. The first-order chi connectivity index (χ1) is 9.94. The van der Waals surface area contributed by atoms with Crippen LogP contribution in [-0.4, -0.2) is 14.5 Å². The molecule has 0 amide bonds. The number of halogens is 2. The second kappa shape index (κ2) is 5.72. The Morgan fingerprint density at radius 1 is 1.05 bits per heavy atom. The van der Waals surface area contributed by atoms with Gasteiger partial charge >= 0.3 is 0 Å². The molecule has 1 aliphatic rings. The van der Waals surface area contributed by atoms with Crippen LogP contribution in [-0.2, 0) is 27.1 Å². The van der Waals surface area contributed by atoms with Crippen LogP contribution >= 0.6 is 27.5 Å². The minimum absolute atomic E-state index is 0.129. The van der Waals surface area contributed by atoms with Gasteiger partial charge in [-0.1, -0.05) is 33.6 Å². The predicted octanol–water partition coefficient (Wildman–Crippen LogP) is 3.98. The summed E-state index contributed by atoms with van der Waals surface area (Å²) in [6.45, 7) is 0. The third kappa shape index (κ3) is 3.31. The summed E-state index contributed by atoms with van der Waals surface area (Å²) in [7, 11) is -3.76. The maximum atomic E-state index is 12.2. The zero-order valence-electron chi connectivity index (χ0n) is 10.9. The van der Waals surface area contributed by atoms with Gasteiger partial charge < -0.3 is 0 Å². The lowest BCUT2D eigenvalue weighted by atomic mass is 10.1. The first kappa shape index (κ1) is 15.0. The van der Waals surface area contributed by atoms with Crippen LogP contribution in [0.25, 0.3) is 0 Å². The molecule has 1 atom stereocenters. The molecule has 0 fully saturated rings. The molecule has 3 nitrogen and oxygen atoms in total. The molecule has 2 aromatic rings. The van der Waals surface area contributed by atoms with Crippen molar-refractivity contribution in [1.29, 1.82) is 0 Å². The Morgan fingerprint density at radius 3 is 2.43 bits per heavy atom. The van der Waals surface area contributed by atoms with Crippen molar-refractivity contribution in [2.24, 2.45) is 0 Å². The highest BCUT2D eigenvalue weighted by molar-refractivity contribution is 9.10. The molecule has 0 spiro atoms. The Bertz CT molecular complexity index is 772. The van der Waals surface area contributed by atoms with Crippen LogP contribution in [0.4, 0.5) is 0 Å². The number of hydrogen-bond donors (Lipinski definition) is 0. The Morgan fingerprint density at radius 2 is 1.71 bits per heavy atom. The molecule has 0 saturated heterocycles. The number of rotatable bonds is 3. The Kier molecular flexibility index (Phi) is 4.10. The van der Waals surface area contributed by atoms with Crippen molar-refractivity contribution < 1.29 is 12.6 Å². The van der Waals surface area contributed by atoms with E-state index in [2.05, 4.69) is 15.9 Å². The first-order valence-corrected chi connectivity index (χ1v) is 8.98. The zero-order chi connectivity index (χ0) is 15.0. The summed E-state index contributed by atoms with van der Waals surface area (Å²) in [4.78, 5) is 0.129. The first-order valence-electron chi connectivity index (χ1n) is 6.40. The van der Waals surface area contributed by atoms with Crippen LogP contribution < -0.4 is 0 Å². The van der Waals surface area contributed by atoms with E-state index in [1.54, 1.807) is 0 Å². The van der Waals surface area contributed by atoms with Gasteiger partial charge in [0.25, 0.3) is 10.1 Å². The van der Waals surface area contributed by atoms with Crippen LogP contribution in [0.3, 0.4) is 0 Å². The predicted molar refractivity (Wildman–Crippen MR) is 85.1 cm³/mol. The largest absolute Gasteiger partial charge is 0.297 e. The third-order valence-corrected chi connectivity index (χ3v) is 5.55. The van der Waals surface area contributed by atoms with Gasteiger partial charge in [-0.15, -0.1) is 0 Å². The molecule has 3 rings (SSSR count). The zero-order valence-corrected chi connectivity index (χ0v) is 14.1. The van der Waals surface area contributed by atoms with Gasteiger partial charge in [-0.3, -0.25) is 4.18 Å². The lowest BCUT2D eigenvalue weighted by Gasteiger charge is -2.11. The fourth-order valence-electron chi connectivity index (χ4n) is 2.45. The smallest absolute Gasteiger partial charge is 0.262 e. The van der Waals surface area contributed by atoms with E-state index in [-0.39, 0.29) is 11.0 Å². The third-order valence-electron chi connectivity index (χ3n) is 3.43.